The van der Waals surface area contributed by atoms with Gasteiger partial charge >= 0.3 is 0 Å². The number of nitrogens with one attached hydrogen (secondary N) is 1. The maximum absolute atomic E-state index is 4.14. The van der Waals surface area contributed by atoms with Gasteiger partial charge in [-0.3, -0.25) is 4.98 Å². The molecule has 0 aromatic carbocycles. The van der Waals surface area contributed by atoms with Crippen LogP contribution in [0.5, 0.6) is 0 Å². The molecule has 1 radical (unpaired) electrons. The molecule has 0 spiro atoms. The van der Waals surface area contributed by atoms with Gasteiger partial charge in [-0.25, -0.2) is 0 Å². The van der Waals surface area contributed by atoms with E-state index in [0.29, 0.717) is 11.5 Å². The zero-order valence-electron chi connectivity index (χ0n) is 6.92. The summed E-state index contributed by atoms with van der Waals surface area (Å²) in [5, 5.41) is 0. The Hall–Kier alpha value is -0.346. The molecular weight excluding hydrogens is 229 g/mol. The number of fused-ring (bicyclic) bond motifs is 1. The Labute approximate surface area is 95.1 Å². The summed E-state index contributed by atoms with van der Waals surface area (Å²) >= 11 is 0. The molecule has 1 N–H and O–H groups in total. The number of nitrogens with zero attached hydrogens (tertiary/aromatic N) is 3. The SMILES string of the molecule is Cc1n[c-]c2[nH]c(C)nc2n1.[Y]. The van der Waals surface area contributed by atoms with Gasteiger partial charge in [-0.1, -0.05) is 13.1 Å². The maximum Gasteiger partial charge on any atom is 0.0899 e. The van der Waals surface area contributed by atoms with Crippen LogP contribution in [0.25, 0.3) is 11.2 Å². The van der Waals surface area contributed by atoms with E-state index in [-0.39, 0.29) is 32.7 Å². The van der Waals surface area contributed by atoms with Crippen molar-refractivity contribution in [2.75, 3.05) is 0 Å². The predicted molar refractivity (Wildman–Crippen MR) is 40.0 cm³/mol. The third-order valence-electron chi connectivity index (χ3n) is 1.40. The van der Waals surface area contributed by atoms with Crippen LogP contribution in [0.4, 0.5) is 0 Å². The molecule has 0 amide bonds. The molecule has 2 aromatic rings. The van der Waals surface area contributed by atoms with Gasteiger partial charge in [-0.05, 0) is 12.4 Å². The summed E-state index contributed by atoms with van der Waals surface area (Å²) in [4.78, 5) is 15.2. The summed E-state index contributed by atoms with van der Waals surface area (Å²) in [5.41, 5.74) is 1.46. The summed E-state index contributed by atoms with van der Waals surface area (Å²) in [7, 11) is 0. The van der Waals surface area contributed by atoms with Crippen molar-refractivity contribution < 1.29 is 32.7 Å². The number of hydrogen-bond acceptors (Lipinski definition) is 3. The van der Waals surface area contributed by atoms with Crippen LogP contribution in [-0.2, 0) is 32.7 Å². The van der Waals surface area contributed by atoms with Crippen molar-refractivity contribution in [3.8, 4) is 0 Å². The van der Waals surface area contributed by atoms with E-state index >= 15 is 0 Å². The second-order valence-corrected chi connectivity index (χ2v) is 2.40. The van der Waals surface area contributed by atoms with Crippen molar-refractivity contribution >= 4 is 11.2 Å². The molecule has 59 valence electrons. The molecule has 2 aromatic heterocycles. The summed E-state index contributed by atoms with van der Waals surface area (Å²) in [6.45, 7) is 3.70. The van der Waals surface area contributed by atoms with Gasteiger partial charge in [0.15, 0.2) is 0 Å². The van der Waals surface area contributed by atoms with E-state index in [1.165, 1.54) is 0 Å². The second kappa shape index (κ2) is 3.58. The van der Waals surface area contributed by atoms with Crippen molar-refractivity contribution in [1.82, 2.24) is 19.9 Å². The van der Waals surface area contributed by atoms with Gasteiger partial charge in [-0.2, -0.15) is 0 Å². The first-order valence-corrected chi connectivity index (χ1v) is 3.34. The number of imidazole rings is 1. The third-order valence-corrected chi connectivity index (χ3v) is 1.40. The summed E-state index contributed by atoms with van der Waals surface area (Å²) in [6.07, 6.45) is 2.81. The molecule has 2 heterocycles. The van der Waals surface area contributed by atoms with Gasteiger partial charge in [0.05, 0.1) is 11.5 Å². The van der Waals surface area contributed by atoms with Crippen LogP contribution in [-0.4, -0.2) is 19.9 Å². The van der Waals surface area contributed by atoms with Crippen molar-refractivity contribution in [1.29, 1.82) is 0 Å². The van der Waals surface area contributed by atoms with Crippen LogP contribution >= 0.6 is 0 Å². The topological polar surface area (TPSA) is 54.5 Å². The summed E-state index contributed by atoms with van der Waals surface area (Å²) in [5.74, 6) is 1.54. The largest absolute Gasteiger partial charge is 0.371 e. The van der Waals surface area contributed by atoms with Crippen molar-refractivity contribution in [3.63, 3.8) is 0 Å². The predicted octanol–water partition coefficient (Wildman–Crippen LogP) is 0.767. The van der Waals surface area contributed by atoms with Crippen LogP contribution in [0.1, 0.15) is 11.6 Å². The van der Waals surface area contributed by atoms with E-state index in [2.05, 4.69) is 26.1 Å². The Morgan fingerprint density at radius 2 is 2.00 bits per heavy atom. The molecule has 4 nitrogen and oxygen atoms in total. The Balaban J connectivity index is 0.000000720. The van der Waals surface area contributed by atoms with Crippen LogP contribution < -0.4 is 0 Å². The van der Waals surface area contributed by atoms with Gasteiger partial charge in [0, 0.05) is 38.5 Å². The molecule has 2 rings (SSSR count). The normalized spacial score (nSPS) is 9.83. The zero-order valence-corrected chi connectivity index (χ0v) is 9.76. The van der Waals surface area contributed by atoms with E-state index in [4.69, 9.17) is 0 Å². The minimum Gasteiger partial charge on any atom is -0.371 e. The first kappa shape index (κ1) is 9.74. The average molecular weight is 236 g/mol. The second-order valence-electron chi connectivity index (χ2n) is 2.40. The van der Waals surface area contributed by atoms with Gasteiger partial charge in [-0.15, -0.1) is 0 Å². The number of hydrogen-bond donors (Lipinski definition) is 1. The fraction of sp³-hybridized carbons (Fsp3) is 0.286. The standard InChI is InChI=1S/C7H7N4.Y/c1-4-8-3-6-7(10-4)11-5(2)9-6;/h1-2H3,(H,8,9,10,11);/q-1;. The van der Waals surface area contributed by atoms with Crippen molar-refractivity contribution in [3.05, 3.63) is 17.8 Å². The van der Waals surface area contributed by atoms with E-state index < -0.39 is 0 Å². The van der Waals surface area contributed by atoms with Gasteiger partial charge < -0.3 is 15.0 Å². The van der Waals surface area contributed by atoms with Crippen LogP contribution in [0.15, 0.2) is 0 Å². The van der Waals surface area contributed by atoms with Gasteiger partial charge in [0.25, 0.3) is 0 Å². The molecule has 0 aliphatic carbocycles. The van der Waals surface area contributed by atoms with Gasteiger partial charge in [0.1, 0.15) is 0 Å². The smallest absolute Gasteiger partial charge is 0.0899 e. The first-order chi connectivity index (χ1) is 5.25. The zero-order chi connectivity index (χ0) is 7.84. The molecule has 0 aliphatic heterocycles. The van der Waals surface area contributed by atoms with Crippen molar-refractivity contribution in [2.24, 2.45) is 0 Å². The molecule has 0 unspecified atom stereocenters. The van der Waals surface area contributed by atoms with Crippen LogP contribution in [0, 0.1) is 20.0 Å². The average Bonchev–Trinajstić information content (AvgIpc) is 2.27. The minimum atomic E-state index is 0. The number of rotatable bonds is 0. The van der Waals surface area contributed by atoms with E-state index in [9.17, 15) is 0 Å². The molecule has 12 heavy (non-hydrogen) atoms. The van der Waals surface area contributed by atoms with Crippen LogP contribution in [0.2, 0.25) is 0 Å². The third kappa shape index (κ3) is 1.69. The number of aromatic nitrogens is 4. The Morgan fingerprint density at radius 3 is 2.75 bits per heavy atom. The van der Waals surface area contributed by atoms with Gasteiger partial charge in [0.2, 0.25) is 0 Å². The molecule has 0 saturated carbocycles. The maximum atomic E-state index is 4.14. The quantitative estimate of drug-likeness (QED) is 0.687. The number of aromatic amines is 1. The fourth-order valence-electron chi connectivity index (χ4n) is 0.953. The Morgan fingerprint density at radius 1 is 1.25 bits per heavy atom. The van der Waals surface area contributed by atoms with E-state index in [0.717, 1.165) is 11.3 Å². The Kier molecular flexibility index (Phi) is 2.91. The monoisotopic (exact) mass is 236 g/mol. The van der Waals surface area contributed by atoms with E-state index in [1.807, 2.05) is 13.8 Å². The van der Waals surface area contributed by atoms with Crippen molar-refractivity contribution in [2.45, 2.75) is 13.8 Å². The number of H-pyrrole nitrogens is 1. The molecule has 0 saturated heterocycles. The van der Waals surface area contributed by atoms with E-state index in [1.54, 1.807) is 0 Å². The molecule has 0 fully saturated rings. The summed E-state index contributed by atoms with van der Waals surface area (Å²) in [6, 6.07) is 0. The molecular formula is C7H7N4Y-. The number of aryl methyl sites for hydroxylation is 2. The summed E-state index contributed by atoms with van der Waals surface area (Å²) < 4.78 is 0. The molecule has 0 aliphatic rings. The molecule has 5 heteroatoms. The Bertz CT molecular complexity index is 395. The van der Waals surface area contributed by atoms with Crippen LogP contribution in [0.3, 0.4) is 0 Å². The first-order valence-electron chi connectivity index (χ1n) is 3.34. The minimum absolute atomic E-state index is 0. The molecule has 0 atom stereocenters. The fourth-order valence-corrected chi connectivity index (χ4v) is 0.953. The molecule has 0 bridgehead atoms.